The van der Waals surface area contributed by atoms with E-state index in [1.54, 1.807) is 17.5 Å². The van der Waals surface area contributed by atoms with E-state index in [0.29, 0.717) is 10.8 Å². The third kappa shape index (κ3) is 4.55. The van der Waals surface area contributed by atoms with E-state index in [9.17, 15) is 14.7 Å². The fraction of sp³-hybridized carbons (Fsp3) is 0.190. The van der Waals surface area contributed by atoms with Crippen LogP contribution in [0.1, 0.15) is 35.5 Å². The van der Waals surface area contributed by atoms with E-state index in [4.69, 9.17) is 4.74 Å². The van der Waals surface area contributed by atoms with Gasteiger partial charge >= 0.3 is 5.97 Å². The van der Waals surface area contributed by atoms with Crippen molar-refractivity contribution in [2.45, 2.75) is 26.9 Å². The summed E-state index contributed by atoms with van der Waals surface area (Å²) in [7, 11) is 0. The first kappa shape index (κ1) is 19.6. The number of thiazole rings is 1. The lowest BCUT2D eigenvalue weighted by molar-refractivity contribution is -0.115. The molecular weight excluding hydrogens is 376 g/mol. The summed E-state index contributed by atoms with van der Waals surface area (Å²) in [6.07, 6.45) is 0.923. The van der Waals surface area contributed by atoms with Gasteiger partial charge in [-0.3, -0.25) is 9.69 Å². The van der Waals surface area contributed by atoms with Gasteiger partial charge < -0.3 is 9.84 Å². The monoisotopic (exact) mass is 396 g/mol. The van der Waals surface area contributed by atoms with Crippen LogP contribution in [0.25, 0.3) is 0 Å². The Morgan fingerprint density at radius 2 is 1.93 bits per heavy atom. The number of hydrogen-bond acceptors (Lipinski definition) is 6. The number of aromatic hydroxyl groups is 1. The SMILES string of the molecule is CCc1ccc(N(C(C)=O)c2nc(COC(=O)c3cccc(O)c3)cs2)cc1. The number of nitrogens with zero attached hydrogens (tertiary/aromatic N) is 2. The second kappa shape index (κ2) is 8.67. The highest BCUT2D eigenvalue weighted by molar-refractivity contribution is 7.14. The van der Waals surface area contributed by atoms with Crippen molar-refractivity contribution in [1.29, 1.82) is 0 Å². The molecule has 0 saturated heterocycles. The number of phenolic OH excluding ortho intramolecular Hbond substituents is 1. The minimum Gasteiger partial charge on any atom is -0.508 e. The third-order valence-electron chi connectivity index (χ3n) is 4.08. The molecule has 0 atom stereocenters. The largest absolute Gasteiger partial charge is 0.508 e. The average molecular weight is 396 g/mol. The van der Waals surface area contributed by atoms with Crippen molar-refractivity contribution in [3.05, 3.63) is 70.7 Å². The molecule has 3 rings (SSSR count). The van der Waals surface area contributed by atoms with Crippen molar-refractivity contribution in [2.75, 3.05) is 4.90 Å². The lowest BCUT2D eigenvalue weighted by atomic mass is 10.1. The standard InChI is InChI=1S/C21H20N2O4S/c1-3-15-7-9-18(10-8-15)23(14(2)24)21-22-17(13-28-21)12-27-20(26)16-5-4-6-19(25)11-16/h4-11,13,25H,3,12H2,1-2H3. The van der Waals surface area contributed by atoms with Crippen molar-refractivity contribution < 1.29 is 19.4 Å². The number of rotatable bonds is 6. The van der Waals surface area contributed by atoms with E-state index in [0.717, 1.165) is 12.1 Å². The Morgan fingerprint density at radius 1 is 1.18 bits per heavy atom. The Morgan fingerprint density at radius 3 is 2.57 bits per heavy atom. The van der Waals surface area contributed by atoms with Gasteiger partial charge in [0.2, 0.25) is 5.91 Å². The topological polar surface area (TPSA) is 79.7 Å². The number of carbonyl (C=O) groups is 2. The van der Waals surface area contributed by atoms with Gasteiger partial charge in [0.25, 0.3) is 0 Å². The summed E-state index contributed by atoms with van der Waals surface area (Å²) in [5.74, 6) is -0.706. The van der Waals surface area contributed by atoms with Crippen LogP contribution in [-0.2, 0) is 22.6 Å². The number of aryl methyl sites for hydroxylation is 1. The molecular formula is C21H20N2O4S. The van der Waals surface area contributed by atoms with Crippen molar-refractivity contribution >= 4 is 34.0 Å². The Balaban J connectivity index is 1.72. The lowest BCUT2D eigenvalue weighted by Gasteiger charge is -2.18. The molecule has 6 nitrogen and oxygen atoms in total. The van der Waals surface area contributed by atoms with E-state index in [-0.39, 0.29) is 23.8 Å². The van der Waals surface area contributed by atoms with Gasteiger partial charge in [0, 0.05) is 12.3 Å². The predicted octanol–water partition coefficient (Wildman–Crippen LogP) is 4.45. The second-order valence-electron chi connectivity index (χ2n) is 6.12. The molecule has 7 heteroatoms. The highest BCUT2D eigenvalue weighted by atomic mass is 32.1. The van der Waals surface area contributed by atoms with Crippen LogP contribution < -0.4 is 4.90 Å². The second-order valence-corrected chi connectivity index (χ2v) is 6.96. The summed E-state index contributed by atoms with van der Waals surface area (Å²) in [6, 6.07) is 13.7. The normalized spacial score (nSPS) is 10.5. The minimum absolute atomic E-state index is 0.00316. The molecule has 0 unspecified atom stereocenters. The lowest BCUT2D eigenvalue weighted by Crippen LogP contribution is -2.22. The Labute approximate surface area is 167 Å². The molecule has 0 spiro atoms. The summed E-state index contributed by atoms with van der Waals surface area (Å²) in [6.45, 7) is 3.53. The number of aromatic nitrogens is 1. The highest BCUT2D eigenvalue weighted by Gasteiger charge is 2.18. The molecule has 1 amide bonds. The number of anilines is 2. The molecule has 28 heavy (non-hydrogen) atoms. The molecule has 1 N–H and O–H groups in total. The molecule has 0 fully saturated rings. The van der Waals surface area contributed by atoms with E-state index in [2.05, 4.69) is 11.9 Å². The van der Waals surface area contributed by atoms with Crippen LogP contribution >= 0.6 is 11.3 Å². The van der Waals surface area contributed by atoms with Crippen LogP contribution in [0, 0.1) is 0 Å². The molecule has 1 heterocycles. The van der Waals surface area contributed by atoms with Crippen molar-refractivity contribution in [2.24, 2.45) is 0 Å². The number of phenols is 1. The van der Waals surface area contributed by atoms with E-state index in [1.165, 1.54) is 40.9 Å². The van der Waals surface area contributed by atoms with Gasteiger partial charge in [-0.05, 0) is 42.3 Å². The summed E-state index contributed by atoms with van der Waals surface area (Å²) in [4.78, 5) is 30.2. The molecule has 0 aliphatic heterocycles. The van der Waals surface area contributed by atoms with Gasteiger partial charge in [-0.15, -0.1) is 11.3 Å². The zero-order valence-electron chi connectivity index (χ0n) is 15.6. The zero-order valence-corrected chi connectivity index (χ0v) is 16.4. The minimum atomic E-state index is -0.552. The van der Waals surface area contributed by atoms with Crippen molar-refractivity contribution in [3.63, 3.8) is 0 Å². The van der Waals surface area contributed by atoms with Gasteiger partial charge in [-0.2, -0.15) is 0 Å². The van der Waals surface area contributed by atoms with Crippen LogP contribution in [0.5, 0.6) is 5.75 Å². The van der Waals surface area contributed by atoms with Gasteiger partial charge in [-0.1, -0.05) is 25.1 Å². The predicted molar refractivity (Wildman–Crippen MR) is 108 cm³/mol. The van der Waals surface area contributed by atoms with Gasteiger partial charge in [0.05, 0.1) is 16.9 Å². The third-order valence-corrected chi connectivity index (χ3v) is 4.96. The Hall–Kier alpha value is -3.19. The van der Waals surface area contributed by atoms with Crippen LogP contribution in [0.4, 0.5) is 10.8 Å². The first-order chi connectivity index (χ1) is 13.5. The number of hydrogen-bond donors (Lipinski definition) is 1. The molecule has 0 aliphatic rings. The van der Waals surface area contributed by atoms with Crippen LogP contribution in [0.15, 0.2) is 53.9 Å². The van der Waals surface area contributed by atoms with E-state index in [1.807, 2.05) is 24.3 Å². The van der Waals surface area contributed by atoms with Gasteiger partial charge in [-0.25, -0.2) is 9.78 Å². The number of ether oxygens (including phenoxy) is 1. The molecule has 0 saturated carbocycles. The van der Waals surface area contributed by atoms with E-state index >= 15 is 0 Å². The van der Waals surface area contributed by atoms with E-state index < -0.39 is 5.97 Å². The van der Waals surface area contributed by atoms with Crippen molar-refractivity contribution in [3.8, 4) is 5.75 Å². The summed E-state index contributed by atoms with van der Waals surface area (Å²) < 4.78 is 5.25. The fourth-order valence-corrected chi connectivity index (χ4v) is 3.50. The average Bonchev–Trinajstić information content (AvgIpc) is 3.15. The number of esters is 1. The smallest absolute Gasteiger partial charge is 0.338 e. The maximum atomic E-state index is 12.2. The fourth-order valence-electron chi connectivity index (χ4n) is 2.63. The summed E-state index contributed by atoms with van der Waals surface area (Å²) in [5.41, 5.74) is 2.73. The highest BCUT2D eigenvalue weighted by Crippen LogP contribution is 2.29. The quantitative estimate of drug-likeness (QED) is 0.623. The number of benzene rings is 2. The van der Waals surface area contributed by atoms with Gasteiger partial charge in [0.1, 0.15) is 12.4 Å². The van der Waals surface area contributed by atoms with Crippen molar-refractivity contribution in [1.82, 2.24) is 4.98 Å². The van der Waals surface area contributed by atoms with Crippen LogP contribution in [0.3, 0.4) is 0 Å². The molecule has 0 aliphatic carbocycles. The Bertz CT molecular complexity index is 982. The molecule has 0 radical (unpaired) electrons. The first-order valence-corrected chi connectivity index (χ1v) is 9.66. The van der Waals surface area contributed by atoms with Gasteiger partial charge in [0.15, 0.2) is 5.13 Å². The molecule has 144 valence electrons. The maximum Gasteiger partial charge on any atom is 0.338 e. The van der Waals surface area contributed by atoms with Crippen LogP contribution in [0.2, 0.25) is 0 Å². The number of amides is 1. The molecule has 0 bridgehead atoms. The molecule has 2 aromatic carbocycles. The molecule has 3 aromatic rings. The Kier molecular flexibility index (Phi) is 6.06. The zero-order chi connectivity index (χ0) is 20.1. The number of carbonyl (C=O) groups excluding carboxylic acids is 2. The van der Waals surface area contributed by atoms with Crippen LogP contribution in [-0.4, -0.2) is 22.0 Å². The maximum absolute atomic E-state index is 12.2. The summed E-state index contributed by atoms with van der Waals surface area (Å²) in [5, 5.41) is 11.7. The summed E-state index contributed by atoms with van der Waals surface area (Å²) >= 11 is 1.30. The molecule has 1 aromatic heterocycles. The first-order valence-electron chi connectivity index (χ1n) is 8.78.